The van der Waals surface area contributed by atoms with E-state index in [1.807, 2.05) is 24.3 Å². The minimum absolute atomic E-state index is 0.132. The van der Waals surface area contributed by atoms with E-state index in [9.17, 15) is 14.0 Å². The van der Waals surface area contributed by atoms with E-state index in [1.165, 1.54) is 24.3 Å². The van der Waals surface area contributed by atoms with E-state index in [4.69, 9.17) is 9.47 Å². The van der Waals surface area contributed by atoms with Crippen molar-refractivity contribution in [3.8, 4) is 5.75 Å². The fourth-order valence-corrected chi connectivity index (χ4v) is 3.71. The number of likely N-dealkylation sites (tertiary alicyclic amines) is 1. The maximum Gasteiger partial charge on any atom is 0.253 e. The molecule has 0 spiro atoms. The molecule has 7 heteroatoms. The van der Waals surface area contributed by atoms with Gasteiger partial charge < -0.3 is 19.7 Å². The van der Waals surface area contributed by atoms with Gasteiger partial charge in [0.05, 0.1) is 19.6 Å². The maximum absolute atomic E-state index is 13.2. The normalized spacial score (nSPS) is 18.5. The van der Waals surface area contributed by atoms with Crippen LogP contribution >= 0.6 is 0 Å². The molecule has 1 N–H and O–H groups in total. The molecule has 3 rings (SSSR count). The number of methoxy groups -OCH3 is 2. The van der Waals surface area contributed by atoms with Crippen LogP contribution in [0.5, 0.6) is 5.75 Å². The summed E-state index contributed by atoms with van der Waals surface area (Å²) in [4.78, 5) is 27.4. The van der Waals surface area contributed by atoms with Crippen molar-refractivity contribution in [1.82, 2.24) is 10.2 Å². The van der Waals surface area contributed by atoms with E-state index < -0.39 is 11.7 Å². The number of hydrogen-bond donors (Lipinski definition) is 1. The zero-order valence-corrected chi connectivity index (χ0v) is 16.6. The van der Waals surface area contributed by atoms with Crippen molar-refractivity contribution in [2.24, 2.45) is 5.92 Å². The predicted molar refractivity (Wildman–Crippen MR) is 106 cm³/mol. The lowest BCUT2D eigenvalue weighted by atomic mass is 9.87. The molecular formula is C22H25FN2O4. The van der Waals surface area contributed by atoms with Crippen LogP contribution in [-0.4, -0.2) is 57.2 Å². The van der Waals surface area contributed by atoms with Crippen LogP contribution in [0.2, 0.25) is 0 Å². The Bertz CT molecular complexity index is 856. The van der Waals surface area contributed by atoms with Gasteiger partial charge in [0, 0.05) is 38.2 Å². The molecule has 1 heterocycles. The lowest BCUT2D eigenvalue weighted by Crippen LogP contribution is -2.37. The molecule has 1 aliphatic rings. The molecule has 2 atom stereocenters. The first-order valence-electron chi connectivity index (χ1n) is 9.49. The van der Waals surface area contributed by atoms with Gasteiger partial charge in [-0.15, -0.1) is 0 Å². The highest BCUT2D eigenvalue weighted by molar-refractivity contribution is 5.95. The Hall–Kier alpha value is -2.93. The number of nitrogens with one attached hydrogen (secondary N) is 1. The average Bonchev–Trinajstić information content (AvgIpc) is 3.19. The summed E-state index contributed by atoms with van der Waals surface area (Å²) in [6.07, 6.45) is 0. The van der Waals surface area contributed by atoms with E-state index in [2.05, 4.69) is 5.32 Å². The highest BCUT2D eigenvalue weighted by atomic mass is 19.1. The van der Waals surface area contributed by atoms with Crippen LogP contribution < -0.4 is 10.1 Å². The minimum Gasteiger partial charge on any atom is -0.496 e. The van der Waals surface area contributed by atoms with E-state index in [1.54, 1.807) is 19.1 Å². The van der Waals surface area contributed by atoms with Crippen LogP contribution in [0.25, 0.3) is 0 Å². The molecular weight excluding hydrogens is 375 g/mol. The summed E-state index contributed by atoms with van der Waals surface area (Å²) in [5, 5.41) is 2.88. The van der Waals surface area contributed by atoms with Crippen LogP contribution in [0.3, 0.4) is 0 Å². The van der Waals surface area contributed by atoms with Gasteiger partial charge in [0.2, 0.25) is 5.91 Å². The number of nitrogens with zero attached hydrogens (tertiary/aromatic N) is 1. The molecule has 2 unspecified atom stereocenters. The SMILES string of the molecule is COCCNC(=O)C1CN(C(=O)c2ccc(F)cc2)CC1c1ccccc1OC. The van der Waals surface area contributed by atoms with Crippen LogP contribution in [0, 0.1) is 11.7 Å². The number of amides is 2. The zero-order chi connectivity index (χ0) is 20.8. The standard InChI is InChI=1S/C22H25FN2O4/c1-28-12-11-24-21(26)19-14-25(22(27)15-7-9-16(23)10-8-15)13-18(19)17-5-3-4-6-20(17)29-2/h3-10,18-19H,11-14H2,1-2H3,(H,24,26). The van der Waals surface area contributed by atoms with Crippen molar-refractivity contribution in [3.63, 3.8) is 0 Å². The number of hydrogen-bond acceptors (Lipinski definition) is 4. The van der Waals surface area contributed by atoms with Gasteiger partial charge in [0.25, 0.3) is 5.91 Å². The van der Waals surface area contributed by atoms with Gasteiger partial charge in [-0.05, 0) is 35.9 Å². The van der Waals surface area contributed by atoms with Crippen molar-refractivity contribution < 1.29 is 23.5 Å². The maximum atomic E-state index is 13.2. The molecule has 1 saturated heterocycles. The van der Waals surface area contributed by atoms with Crippen LogP contribution in [0.4, 0.5) is 4.39 Å². The van der Waals surface area contributed by atoms with Crippen LogP contribution in [0.15, 0.2) is 48.5 Å². The lowest BCUT2D eigenvalue weighted by Gasteiger charge is -2.20. The fourth-order valence-electron chi connectivity index (χ4n) is 3.71. The monoisotopic (exact) mass is 400 g/mol. The highest BCUT2D eigenvalue weighted by Crippen LogP contribution is 2.38. The fraction of sp³-hybridized carbons (Fsp3) is 0.364. The number of carbonyl (C=O) groups is 2. The predicted octanol–water partition coefficient (Wildman–Crippen LogP) is 2.45. The van der Waals surface area contributed by atoms with Crippen molar-refractivity contribution in [3.05, 3.63) is 65.5 Å². The summed E-state index contributed by atoms with van der Waals surface area (Å²) in [6, 6.07) is 13.0. The third-order valence-corrected chi connectivity index (χ3v) is 5.18. The summed E-state index contributed by atoms with van der Waals surface area (Å²) < 4.78 is 23.7. The zero-order valence-electron chi connectivity index (χ0n) is 16.6. The summed E-state index contributed by atoms with van der Waals surface area (Å²) in [7, 11) is 3.16. The number of benzene rings is 2. The summed E-state index contributed by atoms with van der Waals surface area (Å²) >= 11 is 0. The second-order valence-electron chi connectivity index (χ2n) is 6.96. The van der Waals surface area contributed by atoms with Crippen molar-refractivity contribution in [1.29, 1.82) is 0 Å². The lowest BCUT2D eigenvalue weighted by molar-refractivity contribution is -0.125. The van der Waals surface area contributed by atoms with Gasteiger partial charge in [-0.1, -0.05) is 18.2 Å². The Labute approximate surface area is 169 Å². The molecule has 1 fully saturated rings. The molecule has 29 heavy (non-hydrogen) atoms. The number of carbonyl (C=O) groups excluding carboxylic acids is 2. The second-order valence-corrected chi connectivity index (χ2v) is 6.96. The molecule has 2 amide bonds. The first-order valence-corrected chi connectivity index (χ1v) is 9.49. The third-order valence-electron chi connectivity index (χ3n) is 5.18. The molecule has 0 saturated carbocycles. The Kier molecular flexibility index (Phi) is 6.82. The first-order chi connectivity index (χ1) is 14.0. The molecule has 154 valence electrons. The number of para-hydroxylation sites is 1. The molecule has 1 aliphatic heterocycles. The van der Waals surface area contributed by atoms with Gasteiger partial charge >= 0.3 is 0 Å². The van der Waals surface area contributed by atoms with Gasteiger partial charge in [-0.3, -0.25) is 9.59 Å². The number of halogens is 1. The third kappa shape index (κ3) is 4.74. The van der Waals surface area contributed by atoms with Gasteiger partial charge in [0.1, 0.15) is 11.6 Å². The van der Waals surface area contributed by atoms with E-state index in [-0.39, 0.29) is 24.3 Å². The van der Waals surface area contributed by atoms with E-state index in [0.29, 0.717) is 31.0 Å². The Morgan fingerprint density at radius 2 is 1.83 bits per heavy atom. The summed E-state index contributed by atoms with van der Waals surface area (Å²) in [5.74, 6) is -0.705. The van der Waals surface area contributed by atoms with Crippen molar-refractivity contribution in [2.45, 2.75) is 5.92 Å². The Balaban J connectivity index is 1.86. The smallest absolute Gasteiger partial charge is 0.253 e. The molecule has 0 radical (unpaired) electrons. The first kappa shape index (κ1) is 20.8. The Morgan fingerprint density at radius 3 is 2.52 bits per heavy atom. The molecule has 6 nitrogen and oxygen atoms in total. The number of rotatable bonds is 7. The Morgan fingerprint density at radius 1 is 1.10 bits per heavy atom. The van der Waals surface area contributed by atoms with Gasteiger partial charge in [0.15, 0.2) is 0 Å². The van der Waals surface area contributed by atoms with Gasteiger partial charge in [-0.25, -0.2) is 4.39 Å². The van der Waals surface area contributed by atoms with Crippen molar-refractivity contribution >= 4 is 11.8 Å². The number of ether oxygens (including phenoxy) is 2. The van der Waals surface area contributed by atoms with Crippen molar-refractivity contribution in [2.75, 3.05) is 40.5 Å². The highest BCUT2D eigenvalue weighted by Gasteiger charge is 2.41. The molecule has 0 aromatic heterocycles. The molecule has 0 aliphatic carbocycles. The van der Waals surface area contributed by atoms with Crippen LogP contribution in [-0.2, 0) is 9.53 Å². The minimum atomic E-state index is -0.424. The largest absolute Gasteiger partial charge is 0.496 e. The van der Waals surface area contributed by atoms with E-state index in [0.717, 1.165) is 5.56 Å². The molecule has 2 aromatic carbocycles. The van der Waals surface area contributed by atoms with Crippen LogP contribution in [0.1, 0.15) is 21.8 Å². The molecule has 2 aromatic rings. The van der Waals surface area contributed by atoms with Gasteiger partial charge in [-0.2, -0.15) is 0 Å². The quantitative estimate of drug-likeness (QED) is 0.725. The summed E-state index contributed by atoms with van der Waals surface area (Å²) in [5.41, 5.74) is 1.28. The molecule has 0 bridgehead atoms. The van der Waals surface area contributed by atoms with E-state index >= 15 is 0 Å². The summed E-state index contributed by atoms with van der Waals surface area (Å²) in [6.45, 7) is 1.46. The average molecular weight is 400 g/mol. The topological polar surface area (TPSA) is 67.9 Å². The second kappa shape index (κ2) is 9.52.